The third-order valence-electron chi connectivity index (χ3n) is 3.85. The lowest BCUT2D eigenvalue weighted by molar-refractivity contribution is -0.143. The third-order valence-corrected chi connectivity index (χ3v) is 3.85. The van der Waals surface area contributed by atoms with E-state index >= 15 is 0 Å². The van der Waals surface area contributed by atoms with Crippen molar-refractivity contribution in [2.45, 2.75) is 33.2 Å². The van der Waals surface area contributed by atoms with Crippen LogP contribution < -0.4 is 0 Å². The average Bonchev–Trinajstić information content (AvgIpc) is 3.11. The minimum atomic E-state index is -0.279. The van der Waals surface area contributed by atoms with Gasteiger partial charge in [-0.05, 0) is 32.4 Å². The molecule has 1 heterocycles. The molecule has 0 radical (unpaired) electrons. The van der Waals surface area contributed by atoms with Gasteiger partial charge >= 0.3 is 5.97 Å². The number of amides is 1. The minimum absolute atomic E-state index is 0.0568. The summed E-state index contributed by atoms with van der Waals surface area (Å²) in [4.78, 5) is 30.2. The van der Waals surface area contributed by atoms with Crippen LogP contribution >= 0.6 is 0 Å². The van der Waals surface area contributed by atoms with E-state index in [2.05, 4.69) is 4.98 Å². The molecule has 0 aliphatic heterocycles. The molecule has 6 nitrogen and oxygen atoms in total. The summed E-state index contributed by atoms with van der Waals surface area (Å²) < 4.78 is 6.94. The summed E-state index contributed by atoms with van der Waals surface area (Å²) in [5.74, 6) is -0.335. The molecular formula is C19H25N3O3. The van der Waals surface area contributed by atoms with Gasteiger partial charge in [0.05, 0.1) is 19.4 Å². The van der Waals surface area contributed by atoms with Crippen molar-refractivity contribution < 1.29 is 14.3 Å². The lowest BCUT2D eigenvalue weighted by Crippen LogP contribution is -2.34. The smallest absolute Gasteiger partial charge is 0.307 e. The van der Waals surface area contributed by atoms with E-state index in [9.17, 15) is 9.59 Å². The van der Waals surface area contributed by atoms with Crippen LogP contribution in [0.4, 0.5) is 0 Å². The lowest BCUT2D eigenvalue weighted by Gasteiger charge is -2.23. The van der Waals surface area contributed by atoms with E-state index in [-0.39, 0.29) is 18.3 Å². The molecule has 0 aliphatic rings. The van der Waals surface area contributed by atoms with E-state index in [1.165, 1.54) is 0 Å². The summed E-state index contributed by atoms with van der Waals surface area (Å²) in [6, 6.07) is 7.51. The monoisotopic (exact) mass is 343 g/mol. The first kappa shape index (κ1) is 18.7. The van der Waals surface area contributed by atoms with Gasteiger partial charge in [-0.15, -0.1) is 0 Å². The summed E-state index contributed by atoms with van der Waals surface area (Å²) >= 11 is 0. The standard InChI is InChI=1S/C19H25N3O3/c1-3-25-18(23)8-12-22(11-5-10-21-13-9-20-15-21)19(24)17-7-4-6-16(2)14-17/h4,6-7,9,13-15H,3,5,8,10-12H2,1-2H3. The van der Waals surface area contributed by atoms with Gasteiger partial charge in [0, 0.05) is 37.6 Å². The molecule has 6 heteroatoms. The SMILES string of the molecule is CCOC(=O)CCN(CCCn1ccnc1)C(=O)c1cccc(C)c1. The number of hydrogen-bond donors (Lipinski definition) is 0. The van der Waals surface area contributed by atoms with Crippen molar-refractivity contribution in [2.75, 3.05) is 19.7 Å². The Bertz CT molecular complexity index is 683. The molecular weight excluding hydrogens is 318 g/mol. The van der Waals surface area contributed by atoms with Crippen molar-refractivity contribution in [3.8, 4) is 0 Å². The van der Waals surface area contributed by atoms with Crippen LogP contribution in [0.5, 0.6) is 0 Å². The van der Waals surface area contributed by atoms with Gasteiger partial charge in [0.25, 0.3) is 5.91 Å². The van der Waals surface area contributed by atoms with Gasteiger partial charge in [0.15, 0.2) is 0 Å². The molecule has 2 aromatic rings. The Labute approximate surface area is 148 Å². The predicted molar refractivity (Wildman–Crippen MR) is 95.2 cm³/mol. The van der Waals surface area contributed by atoms with Gasteiger partial charge in [-0.1, -0.05) is 17.7 Å². The molecule has 134 valence electrons. The molecule has 0 atom stereocenters. The highest BCUT2D eigenvalue weighted by Crippen LogP contribution is 2.10. The highest BCUT2D eigenvalue weighted by atomic mass is 16.5. The van der Waals surface area contributed by atoms with Crippen molar-refractivity contribution in [1.82, 2.24) is 14.5 Å². The maximum atomic E-state index is 12.8. The van der Waals surface area contributed by atoms with Gasteiger partial charge in [0.2, 0.25) is 0 Å². The number of aromatic nitrogens is 2. The number of ether oxygens (including phenoxy) is 1. The number of rotatable bonds is 9. The first-order chi connectivity index (χ1) is 12.1. The molecule has 0 saturated heterocycles. The quantitative estimate of drug-likeness (QED) is 0.657. The normalized spacial score (nSPS) is 10.5. The van der Waals surface area contributed by atoms with Crippen molar-refractivity contribution >= 4 is 11.9 Å². The molecule has 25 heavy (non-hydrogen) atoms. The number of hydrogen-bond acceptors (Lipinski definition) is 4. The Morgan fingerprint density at radius 2 is 2.12 bits per heavy atom. The van der Waals surface area contributed by atoms with Crippen LogP contribution in [0.25, 0.3) is 0 Å². The second kappa shape index (κ2) is 9.61. The molecule has 1 amide bonds. The van der Waals surface area contributed by atoms with Crippen molar-refractivity contribution in [2.24, 2.45) is 0 Å². The van der Waals surface area contributed by atoms with Gasteiger partial charge in [-0.3, -0.25) is 9.59 Å². The third kappa shape index (κ3) is 6.06. The summed E-state index contributed by atoms with van der Waals surface area (Å²) in [5.41, 5.74) is 1.68. The van der Waals surface area contributed by atoms with Crippen LogP contribution in [0.3, 0.4) is 0 Å². The highest BCUT2D eigenvalue weighted by molar-refractivity contribution is 5.94. The molecule has 0 saturated carbocycles. The van der Waals surface area contributed by atoms with Crippen molar-refractivity contribution in [3.05, 3.63) is 54.1 Å². The number of esters is 1. The van der Waals surface area contributed by atoms with E-state index in [1.54, 1.807) is 24.3 Å². The molecule has 0 N–H and O–H groups in total. The predicted octanol–water partition coefficient (Wildman–Crippen LogP) is 2.68. The molecule has 0 spiro atoms. The Hall–Kier alpha value is -2.63. The zero-order valence-electron chi connectivity index (χ0n) is 14.9. The van der Waals surface area contributed by atoms with Gasteiger partial charge in [-0.25, -0.2) is 4.98 Å². The molecule has 0 unspecified atom stereocenters. The Morgan fingerprint density at radius 3 is 2.80 bits per heavy atom. The zero-order valence-corrected chi connectivity index (χ0v) is 14.9. The van der Waals surface area contributed by atoms with E-state index in [0.29, 0.717) is 25.3 Å². The molecule has 1 aromatic carbocycles. The van der Waals surface area contributed by atoms with Crippen LogP contribution in [0.2, 0.25) is 0 Å². The summed E-state index contributed by atoms with van der Waals surface area (Å²) in [7, 11) is 0. The fraction of sp³-hybridized carbons (Fsp3) is 0.421. The van der Waals surface area contributed by atoms with Crippen LogP contribution in [-0.4, -0.2) is 46.0 Å². The second-order valence-electron chi connectivity index (χ2n) is 5.87. The topological polar surface area (TPSA) is 64.4 Å². The van der Waals surface area contributed by atoms with Gasteiger partial charge < -0.3 is 14.2 Å². The molecule has 0 aliphatic carbocycles. The summed E-state index contributed by atoms with van der Waals surface area (Å²) in [5, 5.41) is 0. The highest BCUT2D eigenvalue weighted by Gasteiger charge is 2.17. The average molecular weight is 343 g/mol. The van der Waals surface area contributed by atoms with Crippen molar-refractivity contribution in [3.63, 3.8) is 0 Å². The number of aryl methyl sites for hydroxylation is 2. The van der Waals surface area contributed by atoms with Crippen LogP contribution in [0.1, 0.15) is 35.7 Å². The molecule has 2 rings (SSSR count). The zero-order chi connectivity index (χ0) is 18.1. The minimum Gasteiger partial charge on any atom is -0.466 e. The molecule has 0 bridgehead atoms. The van der Waals surface area contributed by atoms with Crippen LogP contribution in [-0.2, 0) is 16.1 Å². The lowest BCUT2D eigenvalue weighted by atomic mass is 10.1. The molecule has 1 aromatic heterocycles. The second-order valence-corrected chi connectivity index (χ2v) is 5.87. The fourth-order valence-corrected chi connectivity index (χ4v) is 2.60. The van der Waals surface area contributed by atoms with E-state index in [1.807, 2.05) is 42.0 Å². The maximum Gasteiger partial charge on any atom is 0.307 e. The first-order valence-corrected chi connectivity index (χ1v) is 8.57. The van der Waals surface area contributed by atoms with Gasteiger partial charge in [0.1, 0.15) is 0 Å². The van der Waals surface area contributed by atoms with Crippen molar-refractivity contribution in [1.29, 1.82) is 0 Å². The van der Waals surface area contributed by atoms with Crippen LogP contribution in [0.15, 0.2) is 43.0 Å². The molecule has 0 fully saturated rings. The summed E-state index contributed by atoms with van der Waals surface area (Å²) in [6.07, 6.45) is 6.38. The first-order valence-electron chi connectivity index (χ1n) is 8.57. The van der Waals surface area contributed by atoms with Gasteiger partial charge in [-0.2, -0.15) is 0 Å². The van der Waals surface area contributed by atoms with E-state index in [0.717, 1.165) is 18.5 Å². The fourth-order valence-electron chi connectivity index (χ4n) is 2.60. The number of nitrogens with zero attached hydrogens (tertiary/aromatic N) is 3. The number of carbonyl (C=O) groups is 2. The number of imidazole rings is 1. The maximum absolute atomic E-state index is 12.8. The number of carbonyl (C=O) groups excluding carboxylic acids is 2. The van der Waals surface area contributed by atoms with E-state index in [4.69, 9.17) is 4.74 Å². The van der Waals surface area contributed by atoms with E-state index < -0.39 is 0 Å². The Morgan fingerprint density at radius 1 is 1.28 bits per heavy atom. The summed E-state index contributed by atoms with van der Waals surface area (Å²) in [6.45, 7) is 5.79. The Kier molecular flexibility index (Phi) is 7.19. The Balaban J connectivity index is 1.99. The van der Waals surface area contributed by atoms with Crippen LogP contribution in [0, 0.1) is 6.92 Å². The largest absolute Gasteiger partial charge is 0.466 e. The number of benzene rings is 1.